The standard InChI is InChI=1S/C12H16F3N5O/c13-12(14,15)11-18-17-9-7-19(4-5-20(9)11)10(21)6-8-2-1-3-16-8/h8,16H,1-7H2. The first kappa shape index (κ1) is 14.3. The van der Waals surface area contributed by atoms with E-state index in [-0.39, 0.29) is 37.4 Å². The number of hydrogen-bond donors (Lipinski definition) is 1. The fourth-order valence-corrected chi connectivity index (χ4v) is 2.85. The number of fused-ring (bicyclic) bond motifs is 1. The van der Waals surface area contributed by atoms with Crippen LogP contribution in [-0.4, -0.2) is 44.7 Å². The Hall–Kier alpha value is -1.64. The van der Waals surface area contributed by atoms with E-state index in [1.165, 1.54) is 0 Å². The molecule has 1 unspecified atom stereocenters. The molecule has 21 heavy (non-hydrogen) atoms. The van der Waals surface area contributed by atoms with Gasteiger partial charge in [0.05, 0.1) is 6.54 Å². The summed E-state index contributed by atoms with van der Waals surface area (Å²) in [6, 6.07) is 0.183. The molecule has 1 aromatic rings. The molecule has 1 fully saturated rings. The van der Waals surface area contributed by atoms with Gasteiger partial charge in [-0.2, -0.15) is 13.2 Å². The lowest BCUT2D eigenvalue weighted by Crippen LogP contribution is -2.41. The van der Waals surface area contributed by atoms with Gasteiger partial charge in [-0.3, -0.25) is 4.79 Å². The molecule has 0 aromatic carbocycles. The monoisotopic (exact) mass is 303 g/mol. The highest BCUT2D eigenvalue weighted by Gasteiger charge is 2.40. The normalized spacial score (nSPS) is 22.4. The molecular formula is C12H16F3N5O. The Balaban J connectivity index is 1.67. The van der Waals surface area contributed by atoms with Crippen LogP contribution in [0.15, 0.2) is 0 Å². The summed E-state index contributed by atoms with van der Waals surface area (Å²) in [5.41, 5.74) is 0. The zero-order chi connectivity index (χ0) is 15.0. The molecule has 3 heterocycles. The van der Waals surface area contributed by atoms with Crippen LogP contribution in [0.25, 0.3) is 0 Å². The maximum Gasteiger partial charge on any atom is 0.451 e. The second kappa shape index (κ2) is 5.28. The summed E-state index contributed by atoms with van der Waals surface area (Å²) in [6.45, 7) is 1.36. The number of carbonyl (C=O) groups excluding carboxylic acids is 1. The first-order chi connectivity index (χ1) is 9.95. The Morgan fingerprint density at radius 1 is 1.33 bits per heavy atom. The molecule has 116 valence electrons. The molecule has 1 N–H and O–H groups in total. The van der Waals surface area contributed by atoms with Gasteiger partial charge < -0.3 is 14.8 Å². The lowest BCUT2D eigenvalue weighted by atomic mass is 10.1. The predicted molar refractivity (Wildman–Crippen MR) is 66.1 cm³/mol. The summed E-state index contributed by atoms with van der Waals surface area (Å²) in [6.07, 6.45) is -2.10. The molecule has 0 saturated carbocycles. The van der Waals surface area contributed by atoms with Crippen LogP contribution in [0.2, 0.25) is 0 Å². The fourth-order valence-electron chi connectivity index (χ4n) is 2.85. The van der Waals surface area contributed by atoms with E-state index in [0.717, 1.165) is 24.0 Å². The number of alkyl halides is 3. The van der Waals surface area contributed by atoms with Gasteiger partial charge in [-0.25, -0.2) is 0 Å². The first-order valence-corrected chi connectivity index (χ1v) is 6.95. The quantitative estimate of drug-likeness (QED) is 0.877. The molecule has 0 aliphatic carbocycles. The van der Waals surface area contributed by atoms with E-state index in [2.05, 4.69) is 15.5 Å². The highest BCUT2D eigenvalue weighted by atomic mass is 19.4. The molecule has 1 amide bonds. The highest BCUT2D eigenvalue weighted by Crippen LogP contribution is 2.29. The molecule has 9 heteroatoms. The lowest BCUT2D eigenvalue weighted by Gasteiger charge is -2.29. The van der Waals surface area contributed by atoms with Crippen LogP contribution in [0.1, 0.15) is 30.9 Å². The molecule has 3 rings (SSSR count). The van der Waals surface area contributed by atoms with E-state index < -0.39 is 12.0 Å². The Bertz CT molecular complexity index is 535. The van der Waals surface area contributed by atoms with Crippen molar-refractivity contribution in [3.63, 3.8) is 0 Å². The van der Waals surface area contributed by atoms with Crippen molar-refractivity contribution in [3.05, 3.63) is 11.6 Å². The van der Waals surface area contributed by atoms with Crippen molar-refractivity contribution in [1.29, 1.82) is 0 Å². The molecule has 1 saturated heterocycles. The van der Waals surface area contributed by atoms with Crippen LogP contribution in [0.4, 0.5) is 13.2 Å². The maximum absolute atomic E-state index is 12.7. The van der Waals surface area contributed by atoms with Crippen molar-refractivity contribution in [2.45, 2.75) is 44.6 Å². The zero-order valence-corrected chi connectivity index (χ0v) is 11.4. The summed E-state index contributed by atoms with van der Waals surface area (Å²) >= 11 is 0. The van der Waals surface area contributed by atoms with Crippen molar-refractivity contribution in [2.75, 3.05) is 13.1 Å². The van der Waals surface area contributed by atoms with Gasteiger partial charge in [0, 0.05) is 25.6 Å². The molecule has 1 aromatic heterocycles. The van der Waals surface area contributed by atoms with Gasteiger partial charge in [-0.1, -0.05) is 0 Å². The minimum Gasteiger partial charge on any atom is -0.333 e. The van der Waals surface area contributed by atoms with Crippen LogP contribution in [-0.2, 0) is 24.1 Å². The van der Waals surface area contributed by atoms with E-state index in [0.29, 0.717) is 6.42 Å². The van der Waals surface area contributed by atoms with Crippen LogP contribution in [0.5, 0.6) is 0 Å². The number of nitrogens with one attached hydrogen (secondary N) is 1. The summed E-state index contributed by atoms with van der Waals surface area (Å²) in [7, 11) is 0. The van der Waals surface area contributed by atoms with E-state index in [9.17, 15) is 18.0 Å². The average molecular weight is 303 g/mol. The number of carbonyl (C=O) groups is 1. The fraction of sp³-hybridized carbons (Fsp3) is 0.750. The summed E-state index contributed by atoms with van der Waals surface area (Å²) in [4.78, 5) is 13.7. The van der Waals surface area contributed by atoms with Gasteiger partial charge in [-0.15, -0.1) is 10.2 Å². The summed E-state index contributed by atoms with van der Waals surface area (Å²) in [5, 5.41) is 10.0. The Morgan fingerprint density at radius 2 is 2.14 bits per heavy atom. The molecule has 0 bridgehead atoms. The summed E-state index contributed by atoms with van der Waals surface area (Å²) < 4.78 is 39.2. The van der Waals surface area contributed by atoms with Gasteiger partial charge in [0.1, 0.15) is 0 Å². The molecule has 0 radical (unpaired) electrons. The Labute approximate surface area is 119 Å². The third kappa shape index (κ3) is 2.87. The topological polar surface area (TPSA) is 63.1 Å². The first-order valence-electron chi connectivity index (χ1n) is 6.95. The molecular weight excluding hydrogens is 287 g/mol. The van der Waals surface area contributed by atoms with Crippen LogP contribution in [0.3, 0.4) is 0 Å². The molecule has 6 nitrogen and oxygen atoms in total. The predicted octanol–water partition coefficient (Wildman–Crippen LogP) is 0.781. The Morgan fingerprint density at radius 3 is 2.81 bits per heavy atom. The number of nitrogens with zero attached hydrogens (tertiary/aromatic N) is 4. The van der Waals surface area contributed by atoms with Gasteiger partial charge in [-0.05, 0) is 19.4 Å². The van der Waals surface area contributed by atoms with E-state index in [1.54, 1.807) is 4.90 Å². The number of aromatic nitrogens is 3. The van der Waals surface area contributed by atoms with Crippen LogP contribution >= 0.6 is 0 Å². The van der Waals surface area contributed by atoms with Crippen LogP contribution in [0, 0.1) is 0 Å². The minimum atomic E-state index is -4.51. The maximum atomic E-state index is 12.7. The van der Waals surface area contributed by atoms with Gasteiger partial charge in [0.2, 0.25) is 11.7 Å². The molecule has 1 atom stereocenters. The molecule has 2 aliphatic rings. The van der Waals surface area contributed by atoms with Crippen molar-refractivity contribution < 1.29 is 18.0 Å². The largest absolute Gasteiger partial charge is 0.451 e. The van der Waals surface area contributed by atoms with Gasteiger partial charge >= 0.3 is 6.18 Å². The number of rotatable bonds is 2. The average Bonchev–Trinajstić information content (AvgIpc) is 3.05. The van der Waals surface area contributed by atoms with E-state index in [4.69, 9.17) is 0 Å². The van der Waals surface area contributed by atoms with Gasteiger partial charge in [0.15, 0.2) is 5.82 Å². The third-order valence-electron chi connectivity index (χ3n) is 3.94. The zero-order valence-electron chi connectivity index (χ0n) is 11.4. The second-order valence-corrected chi connectivity index (χ2v) is 5.40. The minimum absolute atomic E-state index is 0.0443. The highest BCUT2D eigenvalue weighted by molar-refractivity contribution is 5.76. The number of amides is 1. The van der Waals surface area contributed by atoms with Crippen molar-refractivity contribution in [1.82, 2.24) is 25.0 Å². The van der Waals surface area contributed by atoms with E-state index >= 15 is 0 Å². The third-order valence-corrected chi connectivity index (χ3v) is 3.94. The van der Waals surface area contributed by atoms with E-state index in [1.807, 2.05) is 0 Å². The van der Waals surface area contributed by atoms with Crippen molar-refractivity contribution >= 4 is 5.91 Å². The summed E-state index contributed by atoms with van der Waals surface area (Å²) in [5.74, 6) is -0.833. The Kier molecular flexibility index (Phi) is 3.60. The lowest BCUT2D eigenvalue weighted by molar-refractivity contribution is -0.148. The molecule has 0 spiro atoms. The van der Waals surface area contributed by atoms with Crippen LogP contribution < -0.4 is 5.32 Å². The number of hydrogen-bond acceptors (Lipinski definition) is 4. The SMILES string of the molecule is O=C(CC1CCCN1)N1CCn2c(nnc2C(F)(F)F)C1. The smallest absolute Gasteiger partial charge is 0.333 e. The second-order valence-electron chi connectivity index (χ2n) is 5.40. The van der Waals surface area contributed by atoms with Crippen molar-refractivity contribution in [3.8, 4) is 0 Å². The van der Waals surface area contributed by atoms with Gasteiger partial charge in [0.25, 0.3) is 0 Å². The van der Waals surface area contributed by atoms with Crippen molar-refractivity contribution in [2.24, 2.45) is 0 Å². The molecule has 2 aliphatic heterocycles. The number of halogens is 3.